The second-order valence-electron chi connectivity index (χ2n) is 4.57. The van der Waals surface area contributed by atoms with Gasteiger partial charge in [-0.2, -0.15) is 0 Å². The predicted molar refractivity (Wildman–Crippen MR) is 74.3 cm³/mol. The Bertz CT molecular complexity index is 387. The van der Waals surface area contributed by atoms with Crippen LogP contribution < -0.4 is 15.4 Å². The van der Waals surface area contributed by atoms with E-state index in [1.165, 1.54) is 0 Å². The molecule has 1 fully saturated rings. The standard InChI is InChI=1S/C14H22N2O2/c1-3-18-11-6-8-16(9-7-11)14-5-4-12(17-2)10-13(14)15/h4-5,10-11H,3,6-9,15H2,1-2H3. The maximum absolute atomic E-state index is 6.07. The van der Waals surface area contributed by atoms with Crippen molar-refractivity contribution in [2.45, 2.75) is 25.9 Å². The molecule has 2 N–H and O–H groups in total. The molecule has 2 rings (SSSR count). The van der Waals surface area contributed by atoms with E-state index in [1.54, 1.807) is 7.11 Å². The van der Waals surface area contributed by atoms with Crippen LogP contribution in [0.15, 0.2) is 18.2 Å². The average molecular weight is 250 g/mol. The topological polar surface area (TPSA) is 47.7 Å². The summed E-state index contributed by atoms with van der Waals surface area (Å²) < 4.78 is 10.8. The van der Waals surface area contributed by atoms with E-state index in [1.807, 2.05) is 25.1 Å². The average Bonchev–Trinajstić information content (AvgIpc) is 2.40. The van der Waals surface area contributed by atoms with Crippen molar-refractivity contribution in [1.82, 2.24) is 0 Å². The third-order valence-electron chi connectivity index (χ3n) is 3.42. The van der Waals surface area contributed by atoms with Gasteiger partial charge in [0.05, 0.1) is 24.6 Å². The molecule has 1 aliphatic rings. The molecule has 4 heteroatoms. The van der Waals surface area contributed by atoms with Crippen LogP contribution in [-0.2, 0) is 4.74 Å². The smallest absolute Gasteiger partial charge is 0.121 e. The molecule has 1 aliphatic heterocycles. The number of rotatable bonds is 4. The van der Waals surface area contributed by atoms with Crippen molar-refractivity contribution >= 4 is 11.4 Å². The minimum absolute atomic E-state index is 0.408. The predicted octanol–water partition coefficient (Wildman–Crippen LogP) is 2.28. The van der Waals surface area contributed by atoms with Gasteiger partial charge < -0.3 is 20.1 Å². The van der Waals surface area contributed by atoms with Crippen LogP contribution in [0.5, 0.6) is 5.75 Å². The van der Waals surface area contributed by atoms with E-state index in [9.17, 15) is 0 Å². The van der Waals surface area contributed by atoms with Crippen LogP contribution in [-0.4, -0.2) is 32.9 Å². The number of hydrogen-bond acceptors (Lipinski definition) is 4. The number of benzene rings is 1. The molecule has 0 unspecified atom stereocenters. The summed E-state index contributed by atoms with van der Waals surface area (Å²) >= 11 is 0. The molecule has 0 aromatic heterocycles. The van der Waals surface area contributed by atoms with Gasteiger partial charge in [-0.1, -0.05) is 0 Å². The zero-order chi connectivity index (χ0) is 13.0. The van der Waals surface area contributed by atoms with Crippen molar-refractivity contribution in [3.05, 3.63) is 18.2 Å². The third-order valence-corrected chi connectivity index (χ3v) is 3.42. The number of piperidine rings is 1. The van der Waals surface area contributed by atoms with Crippen molar-refractivity contribution in [2.75, 3.05) is 37.4 Å². The van der Waals surface area contributed by atoms with Crippen LogP contribution in [0.1, 0.15) is 19.8 Å². The van der Waals surface area contributed by atoms with E-state index in [0.29, 0.717) is 6.10 Å². The Balaban J connectivity index is 2.01. The molecule has 1 saturated heterocycles. The highest BCUT2D eigenvalue weighted by atomic mass is 16.5. The Kier molecular flexibility index (Phi) is 4.31. The zero-order valence-electron chi connectivity index (χ0n) is 11.2. The largest absolute Gasteiger partial charge is 0.497 e. The summed E-state index contributed by atoms with van der Waals surface area (Å²) in [6, 6.07) is 5.87. The number of methoxy groups -OCH3 is 1. The van der Waals surface area contributed by atoms with Gasteiger partial charge in [0.2, 0.25) is 0 Å². The Labute approximate surface area is 109 Å². The molecule has 0 atom stereocenters. The highest BCUT2D eigenvalue weighted by molar-refractivity contribution is 5.69. The second kappa shape index (κ2) is 5.96. The molecular formula is C14H22N2O2. The fraction of sp³-hybridized carbons (Fsp3) is 0.571. The Morgan fingerprint density at radius 2 is 2.06 bits per heavy atom. The number of nitrogen functional groups attached to an aromatic ring is 1. The van der Waals surface area contributed by atoms with Gasteiger partial charge in [0.25, 0.3) is 0 Å². The first-order chi connectivity index (χ1) is 8.74. The van der Waals surface area contributed by atoms with Crippen LogP contribution in [0.4, 0.5) is 11.4 Å². The Hall–Kier alpha value is -1.42. The van der Waals surface area contributed by atoms with Crippen LogP contribution in [0.3, 0.4) is 0 Å². The first-order valence-electron chi connectivity index (χ1n) is 6.54. The summed E-state index contributed by atoms with van der Waals surface area (Å²) in [6.07, 6.45) is 2.55. The molecule has 0 saturated carbocycles. The van der Waals surface area contributed by atoms with Crippen molar-refractivity contribution < 1.29 is 9.47 Å². The van der Waals surface area contributed by atoms with Crippen LogP contribution in [0, 0.1) is 0 Å². The van der Waals surface area contributed by atoms with Gasteiger partial charge >= 0.3 is 0 Å². The van der Waals surface area contributed by atoms with Gasteiger partial charge in [0, 0.05) is 25.8 Å². The minimum Gasteiger partial charge on any atom is -0.497 e. The lowest BCUT2D eigenvalue weighted by molar-refractivity contribution is 0.0459. The monoisotopic (exact) mass is 250 g/mol. The van der Waals surface area contributed by atoms with Crippen LogP contribution >= 0.6 is 0 Å². The number of anilines is 2. The number of ether oxygens (including phenoxy) is 2. The van der Waals surface area contributed by atoms with Crippen molar-refractivity contribution in [1.29, 1.82) is 0 Å². The van der Waals surface area contributed by atoms with Crippen molar-refractivity contribution in [3.63, 3.8) is 0 Å². The summed E-state index contributed by atoms with van der Waals surface area (Å²) in [5, 5.41) is 0. The van der Waals surface area contributed by atoms with E-state index >= 15 is 0 Å². The number of nitrogens with zero attached hydrogens (tertiary/aromatic N) is 1. The normalized spacial score (nSPS) is 16.9. The van der Waals surface area contributed by atoms with Crippen LogP contribution in [0.2, 0.25) is 0 Å². The molecule has 0 amide bonds. The van der Waals surface area contributed by atoms with E-state index in [0.717, 1.165) is 49.7 Å². The zero-order valence-corrected chi connectivity index (χ0v) is 11.2. The molecule has 0 radical (unpaired) electrons. The molecule has 4 nitrogen and oxygen atoms in total. The van der Waals surface area contributed by atoms with Gasteiger partial charge in [-0.25, -0.2) is 0 Å². The summed E-state index contributed by atoms with van der Waals surface area (Å²) in [6.45, 7) is 4.85. The van der Waals surface area contributed by atoms with Gasteiger partial charge in [-0.05, 0) is 31.9 Å². The van der Waals surface area contributed by atoms with Gasteiger partial charge in [0.15, 0.2) is 0 Å². The summed E-state index contributed by atoms with van der Waals surface area (Å²) in [5.41, 5.74) is 7.95. The third kappa shape index (κ3) is 2.88. The molecule has 0 aliphatic carbocycles. The molecular weight excluding hydrogens is 228 g/mol. The molecule has 1 heterocycles. The quantitative estimate of drug-likeness (QED) is 0.833. The molecule has 0 bridgehead atoms. The number of nitrogens with two attached hydrogens (primary N) is 1. The molecule has 1 aromatic carbocycles. The number of hydrogen-bond donors (Lipinski definition) is 1. The molecule has 18 heavy (non-hydrogen) atoms. The second-order valence-corrected chi connectivity index (χ2v) is 4.57. The lowest BCUT2D eigenvalue weighted by Crippen LogP contribution is -2.37. The first kappa shape index (κ1) is 13.0. The van der Waals surface area contributed by atoms with E-state index < -0.39 is 0 Å². The van der Waals surface area contributed by atoms with E-state index in [2.05, 4.69) is 4.90 Å². The van der Waals surface area contributed by atoms with Crippen molar-refractivity contribution in [3.8, 4) is 5.75 Å². The molecule has 1 aromatic rings. The van der Waals surface area contributed by atoms with Crippen LogP contribution in [0.25, 0.3) is 0 Å². The summed E-state index contributed by atoms with van der Waals surface area (Å²) in [4.78, 5) is 2.32. The lowest BCUT2D eigenvalue weighted by Gasteiger charge is -2.34. The van der Waals surface area contributed by atoms with Gasteiger partial charge in [0.1, 0.15) is 5.75 Å². The molecule has 0 spiro atoms. The lowest BCUT2D eigenvalue weighted by atomic mass is 10.1. The minimum atomic E-state index is 0.408. The highest BCUT2D eigenvalue weighted by Crippen LogP contribution is 2.30. The maximum Gasteiger partial charge on any atom is 0.121 e. The summed E-state index contributed by atoms with van der Waals surface area (Å²) in [7, 11) is 1.65. The van der Waals surface area contributed by atoms with E-state index in [-0.39, 0.29) is 0 Å². The maximum atomic E-state index is 6.07. The fourth-order valence-corrected chi connectivity index (χ4v) is 2.45. The van der Waals surface area contributed by atoms with E-state index in [4.69, 9.17) is 15.2 Å². The Morgan fingerprint density at radius 3 is 2.61 bits per heavy atom. The Morgan fingerprint density at radius 1 is 1.33 bits per heavy atom. The SMILES string of the molecule is CCOC1CCN(c2ccc(OC)cc2N)CC1. The van der Waals surface area contributed by atoms with Crippen molar-refractivity contribution in [2.24, 2.45) is 0 Å². The van der Waals surface area contributed by atoms with Gasteiger partial charge in [-0.3, -0.25) is 0 Å². The molecule has 100 valence electrons. The van der Waals surface area contributed by atoms with Gasteiger partial charge in [-0.15, -0.1) is 0 Å². The highest BCUT2D eigenvalue weighted by Gasteiger charge is 2.20. The first-order valence-corrected chi connectivity index (χ1v) is 6.54. The fourth-order valence-electron chi connectivity index (χ4n) is 2.45. The summed E-state index contributed by atoms with van der Waals surface area (Å²) in [5.74, 6) is 0.806.